The van der Waals surface area contributed by atoms with Gasteiger partial charge in [0.2, 0.25) is 0 Å². The minimum atomic E-state index is -3.63. The first kappa shape index (κ1) is 14.2. The number of aliphatic hydroxyl groups is 1. The minimum Gasteiger partial charge on any atom is -0.392 e. The highest BCUT2D eigenvalue weighted by Gasteiger charge is 2.25. The number of aromatic nitrogens is 2. The van der Waals surface area contributed by atoms with E-state index < -0.39 is 10.0 Å². The summed E-state index contributed by atoms with van der Waals surface area (Å²) in [5.74, 6) is 0. The van der Waals surface area contributed by atoms with Crippen LogP contribution in [0.4, 0.5) is 0 Å². The fourth-order valence-electron chi connectivity index (χ4n) is 1.63. The topological polar surface area (TPSA) is 86.3 Å². The summed E-state index contributed by atoms with van der Waals surface area (Å²) in [6.07, 6.45) is 1.98. The Bertz CT molecular complexity index is 619. The molecule has 0 unspecified atom stereocenters. The second-order valence-corrected chi connectivity index (χ2v) is 7.05. The molecular weight excluding hydrogens is 286 g/mol. The molecule has 2 rings (SSSR count). The summed E-state index contributed by atoms with van der Waals surface area (Å²) < 4.78 is 25.8. The Balaban J connectivity index is 2.11. The SMILES string of the molecule is CN(CCc1cccs1)S(=O)(=O)c1[nH]ncc1CO. The molecule has 0 fully saturated rings. The lowest BCUT2D eigenvalue weighted by Gasteiger charge is -2.16. The van der Waals surface area contributed by atoms with E-state index in [1.165, 1.54) is 17.5 Å². The van der Waals surface area contributed by atoms with Crippen molar-refractivity contribution in [1.82, 2.24) is 14.5 Å². The first-order chi connectivity index (χ1) is 9.05. The summed E-state index contributed by atoms with van der Waals surface area (Å²) in [5, 5.41) is 17.1. The fourth-order valence-corrected chi connectivity index (χ4v) is 3.59. The van der Waals surface area contributed by atoms with Gasteiger partial charge in [-0.2, -0.15) is 9.40 Å². The zero-order valence-electron chi connectivity index (χ0n) is 10.4. The molecule has 104 valence electrons. The molecule has 0 bridgehead atoms. The van der Waals surface area contributed by atoms with Gasteiger partial charge in [0.1, 0.15) is 0 Å². The average Bonchev–Trinajstić information content (AvgIpc) is 3.06. The highest BCUT2D eigenvalue weighted by molar-refractivity contribution is 7.89. The maximum atomic E-state index is 12.3. The molecule has 0 spiro atoms. The molecule has 2 aromatic rings. The largest absolute Gasteiger partial charge is 0.392 e. The van der Waals surface area contributed by atoms with E-state index in [0.29, 0.717) is 13.0 Å². The van der Waals surface area contributed by atoms with Crippen LogP contribution >= 0.6 is 11.3 Å². The minimum absolute atomic E-state index is 0.0383. The van der Waals surface area contributed by atoms with Gasteiger partial charge in [-0.3, -0.25) is 5.10 Å². The lowest BCUT2D eigenvalue weighted by atomic mass is 10.3. The van der Waals surface area contributed by atoms with Crippen molar-refractivity contribution in [3.05, 3.63) is 34.2 Å². The van der Waals surface area contributed by atoms with E-state index in [4.69, 9.17) is 5.11 Å². The lowest BCUT2D eigenvalue weighted by Crippen LogP contribution is -2.29. The Kier molecular flexibility index (Phi) is 4.35. The van der Waals surface area contributed by atoms with E-state index in [1.54, 1.807) is 11.3 Å². The van der Waals surface area contributed by atoms with E-state index in [2.05, 4.69) is 10.2 Å². The molecule has 6 nitrogen and oxygen atoms in total. The number of rotatable bonds is 6. The van der Waals surface area contributed by atoms with Crippen LogP contribution in [0, 0.1) is 0 Å². The Labute approximate surface area is 115 Å². The van der Waals surface area contributed by atoms with Crippen LogP contribution in [-0.4, -0.2) is 41.6 Å². The Morgan fingerprint density at radius 3 is 2.95 bits per heavy atom. The highest BCUT2D eigenvalue weighted by atomic mass is 32.2. The molecule has 0 atom stereocenters. The van der Waals surface area contributed by atoms with Crippen molar-refractivity contribution in [2.75, 3.05) is 13.6 Å². The third kappa shape index (κ3) is 3.03. The molecular formula is C11H15N3O3S2. The number of likely N-dealkylation sites (N-methyl/N-ethyl adjacent to an activating group) is 1. The van der Waals surface area contributed by atoms with Crippen molar-refractivity contribution in [3.8, 4) is 0 Å². The summed E-state index contributed by atoms with van der Waals surface area (Å²) in [5.41, 5.74) is 0.281. The van der Waals surface area contributed by atoms with Gasteiger partial charge in [0.15, 0.2) is 5.03 Å². The molecule has 0 saturated heterocycles. The van der Waals surface area contributed by atoms with Crippen molar-refractivity contribution in [2.45, 2.75) is 18.1 Å². The van der Waals surface area contributed by atoms with Crippen LogP contribution in [0.25, 0.3) is 0 Å². The third-order valence-corrected chi connectivity index (χ3v) is 5.58. The molecule has 0 aliphatic rings. The van der Waals surface area contributed by atoms with Gasteiger partial charge in [0.05, 0.1) is 12.8 Å². The summed E-state index contributed by atoms with van der Waals surface area (Å²) in [6.45, 7) is 0.0244. The smallest absolute Gasteiger partial charge is 0.260 e. The molecule has 0 saturated carbocycles. The number of hydrogen-bond acceptors (Lipinski definition) is 5. The number of hydrogen-bond donors (Lipinski definition) is 2. The van der Waals surface area contributed by atoms with Crippen molar-refractivity contribution >= 4 is 21.4 Å². The van der Waals surface area contributed by atoms with E-state index in [1.807, 2.05) is 17.5 Å². The Morgan fingerprint density at radius 2 is 2.32 bits per heavy atom. The predicted octanol–water partition coefficient (Wildman–Crippen LogP) is 0.827. The molecule has 0 radical (unpaired) electrons. The van der Waals surface area contributed by atoms with Crippen LogP contribution in [0.2, 0.25) is 0 Å². The van der Waals surface area contributed by atoms with E-state index in [0.717, 1.165) is 4.88 Å². The van der Waals surface area contributed by atoms with Crippen molar-refractivity contribution < 1.29 is 13.5 Å². The number of thiophene rings is 1. The van der Waals surface area contributed by atoms with Gasteiger partial charge in [-0.15, -0.1) is 11.3 Å². The summed E-state index contributed by atoms with van der Waals surface area (Å²) in [7, 11) is -2.11. The van der Waals surface area contributed by atoms with Crippen LogP contribution in [0.1, 0.15) is 10.4 Å². The quantitative estimate of drug-likeness (QED) is 0.827. The monoisotopic (exact) mass is 301 g/mol. The summed E-state index contributed by atoms with van der Waals surface area (Å²) in [4.78, 5) is 1.13. The maximum Gasteiger partial charge on any atom is 0.260 e. The van der Waals surface area contributed by atoms with Crippen molar-refractivity contribution in [1.29, 1.82) is 0 Å². The molecule has 0 aliphatic carbocycles. The molecule has 0 aliphatic heterocycles. The maximum absolute atomic E-state index is 12.3. The number of aliphatic hydroxyl groups excluding tert-OH is 1. The number of sulfonamides is 1. The van der Waals surface area contributed by atoms with Crippen LogP contribution < -0.4 is 0 Å². The van der Waals surface area contributed by atoms with E-state index in [9.17, 15) is 8.42 Å². The standard InChI is InChI=1S/C11H15N3O3S2/c1-14(5-4-10-3-2-6-18-10)19(16,17)11-9(8-15)7-12-13-11/h2-3,6-7,15H,4-5,8H2,1H3,(H,12,13). The third-order valence-electron chi connectivity index (χ3n) is 2.77. The second-order valence-electron chi connectivity index (χ2n) is 4.04. The zero-order chi connectivity index (χ0) is 13.9. The second kappa shape index (κ2) is 5.83. The normalized spacial score (nSPS) is 12.2. The molecule has 2 N–H and O–H groups in total. The molecule has 0 aromatic carbocycles. The van der Waals surface area contributed by atoms with Gasteiger partial charge in [-0.05, 0) is 17.9 Å². The van der Waals surface area contributed by atoms with E-state index in [-0.39, 0.29) is 17.2 Å². The van der Waals surface area contributed by atoms with Gasteiger partial charge in [-0.1, -0.05) is 6.07 Å². The van der Waals surface area contributed by atoms with Crippen molar-refractivity contribution in [2.24, 2.45) is 0 Å². The van der Waals surface area contributed by atoms with Gasteiger partial charge in [0.25, 0.3) is 10.0 Å². The number of nitrogens with one attached hydrogen (secondary N) is 1. The van der Waals surface area contributed by atoms with Gasteiger partial charge in [0, 0.05) is 24.0 Å². The fraction of sp³-hybridized carbons (Fsp3) is 0.364. The van der Waals surface area contributed by atoms with Crippen molar-refractivity contribution in [3.63, 3.8) is 0 Å². The van der Waals surface area contributed by atoms with Gasteiger partial charge in [-0.25, -0.2) is 8.42 Å². The Morgan fingerprint density at radius 1 is 1.53 bits per heavy atom. The summed E-state index contributed by atoms with van der Waals surface area (Å²) in [6, 6.07) is 3.91. The number of nitrogens with zero attached hydrogens (tertiary/aromatic N) is 2. The average molecular weight is 301 g/mol. The van der Waals surface area contributed by atoms with E-state index >= 15 is 0 Å². The lowest BCUT2D eigenvalue weighted by molar-refractivity contribution is 0.278. The van der Waals surface area contributed by atoms with Crippen LogP contribution in [0.3, 0.4) is 0 Å². The first-order valence-electron chi connectivity index (χ1n) is 5.67. The van der Waals surface area contributed by atoms with Crippen LogP contribution in [0.5, 0.6) is 0 Å². The number of aromatic amines is 1. The first-order valence-corrected chi connectivity index (χ1v) is 7.99. The predicted molar refractivity (Wildman–Crippen MR) is 72.3 cm³/mol. The highest BCUT2D eigenvalue weighted by Crippen LogP contribution is 2.17. The van der Waals surface area contributed by atoms with Crippen LogP contribution in [0.15, 0.2) is 28.7 Å². The molecule has 2 heterocycles. The molecule has 19 heavy (non-hydrogen) atoms. The van der Waals surface area contributed by atoms with Gasteiger partial charge < -0.3 is 5.11 Å². The van der Waals surface area contributed by atoms with Gasteiger partial charge >= 0.3 is 0 Å². The summed E-state index contributed by atoms with van der Waals surface area (Å²) >= 11 is 1.60. The zero-order valence-corrected chi connectivity index (χ0v) is 12.0. The molecule has 2 aromatic heterocycles. The molecule has 8 heteroatoms. The Hall–Kier alpha value is -1.22. The number of H-pyrrole nitrogens is 1. The van der Waals surface area contributed by atoms with Crippen LogP contribution in [-0.2, 0) is 23.1 Å². The molecule has 0 amide bonds.